The smallest absolute Gasteiger partial charge is 0.223 e. The molecule has 1 aliphatic heterocycles. The van der Waals surface area contributed by atoms with Crippen molar-refractivity contribution < 1.29 is 9.53 Å². The summed E-state index contributed by atoms with van der Waals surface area (Å²) in [7, 11) is 0. The lowest BCUT2D eigenvalue weighted by atomic mass is 9.89. The van der Waals surface area contributed by atoms with E-state index in [1.807, 2.05) is 17.4 Å². The summed E-state index contributed by atoms with van der Waals surface area (Å²) >= 11 is 1.81. The van der Waals surface area contributed by atoms with Crippen molar-refractivity contribution in [3.8, 4) is 0 Å². The fourth-order valence-corrected chi connectivity index (χ4v) is 5.48. The Morgan fingerprint density at radius 3 is 2.79 bits per heavy atom. The first-order valence-corrected chi connectivity index (χ1v) is 11.2. The molecule has 1 unspecified atom stereocenters. The molecule has 1 saturated heterocycles. The van der Waals surface area contributed by atoms with Crippen LogP contribution in [0.2, 0.25) is 0 Å². The van der Waals surface area contributed by atoms with Gasteiger partial charge in [-0.2, -0.15) is 0 Å². The average molecular weight is 398 g/mol. The van der Waals surface area contributed by atoms with Crippen LogP contribution in [0.4, 0.5) is 5.13 Å². The summed E-state index contributed by atoms with van der Waals surface area (Å²) in [5.74, 6) is 0.278. The van der Waals surface area contributed by atoms with E-state index in [1.54, 1.807) is 0 Å². The highest BCUT2D eigenvalue weighted by molar-refractivity contribution is 7.15. The van der Waals surface area contributed by atoms with Gasteiger partial charge in [0.2, 0.25) is 5.91 Å². The molecule has 5 rings (SSSR count). The van der Waals surface area contributed by atoms with Gasteiger partial charge in [0.25, 0.3) is 0 Å². The van der Waals surface area contributed by atoms with Crippen molar-refractivity contribution >= 4 is 22.4 Å². The molecule has 5 nitrogen and oxygen atoms in total. The van der Waals surface area contributed by atoms with Crippen molar-refractivity contribution in [2.24, 2.45) is 5.92 Å². The Morgan fingerprint density at radius 2 is 2.04 bits per heavy atom. The van der Waals surface area contributed by atoms with Crippen LogP contribution in [0.15, 0.2) is 30.3 Å². The number of nitrogens with zero attached hydrogens (tertiary/aromatic N) is 2. The molecule has 0 spiro atoms. The summed E-state index contributed by atoms with van der Waals surface area (Å²) in [6, 6.07) is 10.5. The zero-order chi connectivity index (χ0) is 19.0. The quantitative estimate of drug-likeness (QED) is 0.843. The third-order valence-electron chi connectivity index (χ3n) is 6.21. The number of rotatable bonds is 5. The molecule has 148 valence electrons. The lowest BCUT2D eigenvalue weighted by Crippen LogP contribution is -2.43. The van der Waals surface area contributed by atoms with Gasteiger partial charge in [-0.3, -0.25) is 4.79 Å². The van der Waals surface area contributed by atoms with Gasteiger partial charge in [-0.05, 0) is 37.7 Å². The molecular formula is C22H27N3O2S. The first-order chi connectivity index (χ1) is 13.7. The average Bonchev–Trinajstić information content (AvgIpc) is 3.34. The summed E-state index contributed by atoms with van der Waals surface area (Å²) < 4.78 is 5.45. The first kappa shape index (κ1) is 18.1. The molecule has 3 aliphatic rings. The minimum Gasteiger partial charge on any atom is -0.378 e. The van der Waals surface area contributed by atoms with Crippen LogP contribution in [0.25, 0.3) is 0 Å². The number of fused-ring (bicyclic) bond motifs is 1. The molecule has 2 fully saturated rings. The van der Waals surface area contributed by atoms with E-state index in [1.165, 1.54) is 10.4 Å². The Balaban J connectivity index is 1.22. The highest BCUT2D eigenvalue weighted by Crippen LogP contribution is 2.40. The van der Waals surface area contributed by atoms with Crippen molar-refractivity contribution in [2.45, 2.75) is 44.1 Å². The Hall–Kier alpha value is -1.92. The van der Waals surface area contributed by atoms with Gasteiger partial charge < -0.3 is 15.0 Å². The molecule has 1 saturated carbocycles. The van der Waals surface area contributed by atoms with Crippen LogP contribution in [0.3, 0.4) is 0 Å². The Kier molecular flexibility index (Phi) is 4.85. The lowest BCUT2D eigenvalue weighted by molar-refractivity contribution is -0.126. The Bertz CT molecular complexity index is 841. The SMILES string of the molecule is O=C(NC1(Cc2ccccc2)CC1)C1CCc2sc(N3CCOCC3)nc2C1. The van der Waals surface area contributed by atoms with Crippen molar-refractivity contribution in [1.29, 1.82) is 0 Å². The van der Waals surface area contributed by atoms with Gasteiger partial charge in [0.15, 0.2) is 5.13 Å². The number of benzene rings is 1. The van der Waals surface area contributed by atoms with E-state index in [0.717, 1.165) is 75.7 Å². The second kappa shape index (κ2) is 7.48. The molecule has 28 heavy (non-hydrogen) atoms. The van der Waals surface area contributed by atoms with Gasteiger partial charge in [0.05, 0.1) is 18.9 Å². The standard InChI is InChI=1S/C22H27N3O2S/c26-20(24-22(8-9-22)15-16-4-2-1-3-5-16)17-6-7-19-18(14-17)23-21(28-19)25-10-12-27-13-11-25/h1-5,17H,6-15H2,(H,24,26). The van der Waals surface area contributed by atoms with Crippen LogP contribution in [-0.2, 0) is 28.8 Å². The molecular weight excluding hydrogens is 370 g/mol. The number of aromatic nitrogens is 1. The predicted molar refractivity (Wildman–Crippen MR) is 111 cm³/mol. The number of hydrogen-bond acceptors (Lipinski definition) is 5. The predicted octanol–water partition coefficient (Wildman–Crippen LogP) is 2.98. The monoisotopic (exact) mass is 397 g/mol. The minimum atomic E-state index is -0.0141. The van der Waals surface area contributed by atoms with Crippen molar-refractivity contribution in [2.75, 3.05) is 31.2 Å². The molecule has 2 aliphatic carbocycles. The largest absolute Gasteiger partial charge is 0.378 e. The number of hydrogen-bond donors (Lipinski definition) is 1. The molecule has 6 heteroatoms. The molecule has 1 aromatic heterocycles. The Labute approximate surface area is 170 Å². The summed E-state index contributed by atoms with van der Waals surface area (Å²) in [5, 5.41) is 4.50. The number of thiazole rings is 1. The first-order valence-electron chi connectivity index (χ1n) is 10.4. The summed E-state index contributed by atoms with van der Waals surface area (Å²) in [4.78, 5) is 21.6. The third kappa shape index (κ3) is 3.80. The Morgan fingerprint density at radius 1 is 1.25 bits per heavy atom. The van der Waals surface area contributed by atoms with Crippen LogP contribution >= 0.6 is 11.3 Å². The molecule has 1 amide bonds. The van der Waals surface area contributed by atoms with Gasteiger partial charge in [-0.15, -0.1) is 11.3 Å². The second-order valence-corrected chi connectivity index (χ2v) is 9.40. The molecule has 2 heterocycles. The lowest BCUT2D eigenvalue weighted by Gasteiger charge is -2.26. The summed E-state index contributed by atoms with van der Waals surface area (Å²) in [6.07, 6.45) is 5.80. The maximum absolute atomic E-state index is 13.0. The van der Waals surface area contributed by atoms with Gasteiger partial charge >= 0.3 is 0 Å². The van der Waals surface area contributed by atoms with E-state index in [4.69, 9.17) is 9.72 Å². The van der Waals surface area contributed by atoms with Crippen molar-refractivity contribution in [3.05, 3.63) is 46.5 Å². The number of morpholine rings is 1. The van der Waals surface area contributed by atoms with E-state index in [-0.39, 0.29) is 17.4 Å². The summed E-state index contributed by atoms with van der Waals surface area (Å²) in [5.41, 5.74) is 2.44. The maximum atomic E-state index is 13.0. The van der Waals surface area contributed by atoms with Gasteiger partial charge in [0, 0.05) is 35.8 Å². The van der Waals surface area contributed by atoms with Crippen molar-refractivity contribution in [3.63, 3.8) is 0 Å². The zero-order valence-electron chi connectivity index (χ0n) is 16.2. The number of carbonyl (C=O) groups is 1. The van der Waals surface area contributed by atoms with Crippen LogP contribution in [0, 0.1) is 5.92 Å². The van der Waals surface area contributed by atoms with E-state index in [0.29, 0.717) is 0 Å². The fraction of sp³-hybridized carbons (Fsp3) is 0.545. The molecule has 2 aromatic rings. The van der Waals surface area contributed by atoms with Crippen LogP contribution in [0.1, 0.15) is 35.4 Å². The van der Waals surface area contributed by atoms with E-state index < -0.39 is 0 Å². The van der Waals surface area contributed by atoms with Gasteiger partial charge in [-0.25, -0.2) is 4.98 Å². The second-order valence-electron chi connectivity index (χ2n) is 8.34. The van der Waals surface area contributed by atoms with Crippen LogP contribution in [0.5, 0.6) is 0 Å². The molecule has 0 bridgehead atoms. The molecule has 0 radical (unpaired) electrons. The molecule has 1 atom stereocenters. The number of ether oxygens (including phenoxy) is 1. The summed E-state index contributed by atoms with van der Waals surface area (Å²) in [6.45, 7) is 3.38. The highest BCUT2D eigenvalue weighted by Gasteiger charge is 2.45. The van der Waals surface area contributed by atoms with E-state index in [2.05, 4.69) is 34.5 Å². The highest BCUT2D eigenvalue weighted by atomic mass is 32.1. The van der Waals surface area contributed by atoms with Crippen molar-refractivity contribution in [1.82, 2.24) is 10.3 Å². The normalized spacial score (nSPS) is 23.1. The van der Waals surface area contributed by atoms with Gasteiger partial charge in [-0.1, -0.05) is 30.3 Å². The topological polar surface area (TPSA) is 54.5 Å². The molecule has 1 N–H and O–H groups in total. The third-order valence-corrected chi connectivity index (χ3v) is 7.42. The number of nitrogens with one attached hydrogen (secondary N) is 1. The minimum absolute atomic E-state index is 0.0141. The van der Waals surface area contributed by atoms with E-state index >= 15 is 0 Å². The molecule has 1 aromatic carbocycles. The van der Waals surface area contributed by atoms with E-state index in [9.17, 15) is 4.79 Å². The number of carbonyl (C=O) groups excluding carboxylic acids is 1. The van der Waals surface area contributed by atoms with Gasteiger partial charge in [0.1, 0.15) is 0 Å². The maximum Gasteiger partial charge on any atom is 0.223 e. The number of amides is 1. The number of aryl methyl sites for hydroxylation is 1. The number of anilines is 1. The van der Waals surface area contributed by atoms with Crippen LogP contribution < -0.4 is 10.2 Å². The zero-order valence-corrected chi connectivity index (χ0v) is 17.0. The van der Waals surface area contributed by atoms with Crippen LogP contribution in [-0.4, -0.2) is 42.7 Å². The fourth-order valence-electron chi connectivity index (χ4n) is 4.33.